The van der Waals surface area contributed by atoms with Gasteiger partial charge >= 0.3 is 0 Å². The highest BCUT2D eigenvalue weighted by Gasteiger charge is 2.29. The van der Waals surface area contributed by atoms with Gasteiger partial charge in [0.05, 0.1) is 11.4 Å². The number of hydrogen-bond acceptors (Lipinski definition) is 4. The second kappa shape index (κ2) is 7.27. The van der Waals surface area contributed by atoms with Gasteiger partial charge in [0.25, 0.3) is 5.91 Å². The van der Waals surface area contributed by atoms with Gasteiger partial charge in [-0.05, 0) is 55.8 Å². The Labute approximate surface area is 152 Å². The van der Waals surface area contributed by atoms with Gasteiger partial charge in [0.2, 0.25) is 10.0 Å². The van der Waals surface area contributed by atoms with Crippen molar-refractivity contribution in [1.82, 2.24) is 9.62 Å². The number of carbonyl (C=O) groups is 1. The topological polar surface area (TPSA) is 66.5 Å². The molecule has 1 saturated carbocycles. The molecule has 1 fully saturated rings. The molecule has 1 aromatic carbocycles. The van der Waals surface area contributed by atoms with Crippen LogP contribution in [0.4, 0.5) is 0 Å². The van der Waals surface area contributed by atoms with E-state index in [0.29, 0.717) is 18.7 Å². The molecule has 0 radical (unpaired) electrons. The zero-order valence-corrected chi connectivity index (χ0v) is 16.0. The minimum absolute atomic E-state index is 0.0384. The quantitative estimate of drug-likeness (QED) is 0.805. The number of hydrogen-bond donors (Lipinski definition) is 1. The lowest BCUT2D eigenvalue weighted by molar-refractivity contribution is 0.0753. The van der Waals surface area contributed by atoms with Crippen LogP contribution in [0.2, 0.25) is 0 Å². The zero-order valence-electron chi connectivity index (χ0n) is 14.4. The molecule has 0 saturated heterocycles. The molecule has 1 aliphatic rings. The molecule has 134 valence electrons. The minimum Gasteiger partial charge on any atom is -0.334 e. The van der Waals surface area contributed by atoms with E-state index in [1.54, 1.807) is 28.4 Å². The summed E-state index contributed by atoms with van der Waals surface area (Å²) in [6.07, 6.45) is 1.75. The lowest BCUT2D eigenvalue weighted by atomic mass is 10.1. The van der Waals surface area contributed by atoms with E-state index in [2.05, 4.69) is 4.72 Å². The number of nitrogens with one attached hydrogen (secondary N) is 1. The molecule has 3 rings (SSSR count). The summed E-state index contributed by atoms with van der Waals surface area (Å²) >= 11 is 1.60. The number of thiophene rings is 1. The number of benzene rings is 1. The monoisotopic (exact) mass is 378 g/mol. The van der Waals surface area contributed by atoms with Gasteiger partial charge in [-0.1, -0.05) is 12.1 Å². The molecule has 0 atom stereocenters. The van der Waals surface area contributed by atoms with Crippen LogP contribution in [0.3, 0.4) is 0 Å². The van der Waals surface area contributed by atoms with Crippen molar-refractivity contribution < 1.29 is 13.2 Å². The normalized spacial score (nSPS) is 14.5. The van der Waals surface area contributed by atoms with Crippen LogP contribution in [-0.4, -0.2) is 31.8 Å². The molecule has 7 heteroatoms. The Morgan fingerprint density at radius 3 is 2.68 bits per heavy atom. The van der Waals surface area contributed by atoms with Crippen LogP contribution >= 0.6 is 11.3 Å². The molecule has 2 aromatic rings. The van der Waals surface area contributed by atoms with Crippen LogP contribution in [0, 0.1) is 6.92 Å². The molecular weight excluding hydrogens is 356 g/mol. The van der Waals surface area contributed by atoms with Gasteiger partial charge in [0, 0.05) is 23.0 Å². The van der Waals surface area contributed by atoms with Crippen LogP contribution in [-0.2, 0) is 16.6 Å². The van der Waals surface area contributed by atoms with E-state index in [1.807, 2.05) is 31.4 Å². The lowest BCUT2D eigenvalue weighted by Gasteiger charge is -2.21. The Hall–Kier alpha value is -1.70. The first kappa shape index (κ1) is 18.1. The fourth-order valence-corrected chi connectivity index (χ4v) is 4.63. The molecular formula is C18H22N2O3S2. The van der Waals surface area contributed by atoms with Gasteiger partial charge in [0.15, 0.2) is 0 Å². The van der Waals surface area contributed by atoms with Gasteiger partial charge in [-0.2, -0.15) is 0 Å². The predicted molar refractivity (Wildman–Crippen MR) is 99.3 cm³/mol. The Balaban J connectivity index is 1.86. The first-order chi connectivity index (χ1) is 11.9. The summed E-state index contributed by atoms with van der Waals surface area (Å²) in [7, 11) is -3.57. The molecule has 1 N–H and O–H groups in total. The molecule has 1 heterocycles. The molecule has 25 heavy (non-hydrogen) atoms. The average molecular weight is 379 g/mol. The Morgan fingerprint density at radius 1 is 1.32 bits per heavy atom. The highest BCUT2D eigenvalue weighted by molar-refractivity contribution is 7.89. The first-order valence-corrected chi connectivity index (χ1v) is 10.7. The van der Waals surface area contributed by atoms with Gasteiger partial charge < -0.3 is 4.90 Å². The third kappa shape index (κ3) is 4.29. The maximum absolute atomic E-state index is 13.0. The van der Waals surface area contributed by atoms with Crippen molar-refractivity contribution in [2.24, 2.45) is 0 Å². The number of carbonyl (C=O) groups excluding carboxylic acids is 1. The van der Waals surface area contributed by atoms with E-state index in [9.17, 15) is 13.2 Å². The van der Waals surface area contributed by atoms with Crippen molar-refractivity contribution in [2.75, 3.05) is 6.54 Å². The van der Waals surface area contributed by atoms with E-state index in [-0.39, 0.29) is 16.8 Å². The van der Waals surface area contributed by atoms with E-state index in [1.165, 1.54) is 6.07 Å². The van der Waals surface area contributed by atoms with E-state index < -0.39 is 10.0 Å². The average Bonchev–Trinajstić information content (AvgIpc) is 3.23. The van der Waals surface area contributed by atoms with Crippen molar-refractivity contribution >= 4 is 27.3 Å². The largest absolute Gasteiger partial charge is 0.334 e. The van der Waals surface area contributed by atoms with E-state index >= 15 is 0 Å². The second-order valence-corrected chi connectivity index (χ2v) is 9.02. The molecule has 0 spiro atoms. The van der Waals surface area contributed by atoms with E-state index in [0.717, 1.165) is 23.3 Å². The standard InChI is InChI=1S/C18H22N2O3S2/c1-3-20(12-15-5-4-10-24-15)18(21)17-11-16(9-6-13(17)2)25(22,23)19-14-7-8-14/h4-6,9-11,14,19H,3,7-8,12H2,1-2H3. The smallest absolute Gasteiger partial charge is 0.254 e. The second-order valence-electron chi connectivity index (χ2n) is 6.27. The zero-order chi connectivity index (χ0) is 18.0. The van der Waals surface area contributed by atoms with Crippen molar-refractivity contribution in [3.05, 3.63) is 51.7 Å². The summed E-state index contributed by atoms with van der Waals surface area (Å²) in [6, 6.07) is 8.75. The van der Waals surface area contributed by atoms with Crippen LogP contribution in [0.25, 0.3) is 0 Å². The van der Waals surface area contributed by atoms with Crippen LogP contribution in [0.5, 0.6) is 0 Å². The lowest BCUT2D eigenvalue weighted by Crippen LogP contribution is -2.31. The fraction of sp³-hybridized carbons (Fsp3) is 0.389. The fourth-order valence-electron chi connectivity index (χ4n) is 2.58. The van der Waals surface area contributed by atoms with E-state index in [4.69, 9.17) is 0 Å². The summed E-state index contributed by atoms with van der Waals surface area (Å²) in [5.74, 6) is -0.142. The summed E-state index contributed by atoms with van der Waals surface area (Å²) in [5.41, 5.74) is 1.22. The van der Waals surface area contributed by atoms with Crippen molar-refractivity contribution in [1.29, 1.82) is 0 Å². The molecule has 1 aliphatic carbocycles. The SMILES string of the molecule is CCN(Cc1cccs1)C(=O)c1cc(S(=O)(=O)NC2CC2)ccc1C. The van der Waals surface area contributed by atoms with Gasteiger partial charge in [-0.15, -0.1) is 11.3 Å². The first-order valence-electron chi connectivity index (χ1n) is 8.35. The molecule has 1 aromatic heterocycles. The predicted octanol–water partition coefficient (Wildman–Crippen LogP) is 3.16. The Bertz CT molecular complexity index is 856. The number of sulfonamides is 1. The molecule has 5 nitrogen and oxygen atoms in total. The van der Waals surface area contributed by atoms with Crippen LogP contribution in [0.1, 0.15) is 40.6 Å². The summed E-state index contributed by atoms with van der Waals surface area (Å²) in [4.78, 5) is 15.9. The summed E-state index contributed by atoms with van der Waals surface area (Å²) in [6.45, 7) is 4.85. The molecule has 0 unspecified atom stereocenters. The van der Waals surface area contributed by atoms with Crippen molar-refractivity contribution in [3.63, 3.8) is 0 Å². The number of amides is 1. The maximum Gasteiger partial charge on any atom is 0.254 e. The Morgan fingerprint density at radius 2 is 2.08 bits per heavy atom. The summed E-state index contributed by atoms with van der Waals surface area (Å²) < 4.78 is 27.5. The molecule has 1 amide bonds. The van der Waals surface area contributed by atoms with Crippen molar-refractivity contribution in [3.8, 4) is 0 Å². The summed E-state index contributed by atoms with van der Waals surface area (Å²) in [5, 5.41) is 1.98. The molecule has 0 bridgehead atoms. The number of rotatable bonds is 7. The third-order valence-corrected chi connectivity index (χ3v) is 6.62. The highest BCUT2D eigenvalue weighted by atomic mass is 32.2. The van der Waals surface area contributed by atoms with Gasteiger partial charge in [0.1, 0.15) is 0 Å². The number of nitrogens with zero attached hydrogens (tertiary/aromatic N) is 1. The van der Waals surface area contributed by atoms with Crippen molar-refractivity contribution in [2.45, 2.75) is 44.2 Å². The maximum atomic E-state index is 13.0. The third-order valence-electron chi connectivity index (χ3n) is 4.24. The van der Waals surface area contributed by atoms with Crippen LogP contribution in [0.15, 0.2) is 40.6 Å². The highest BCUT2D eigenvalue weighted by Crippen LogP contribution is 2.24. The van der Waals surface area contributed by atoms with Gasteiger partial charge in [-0.3, -0.25) is 4.79 Å². The number of aryl methyl sites for hydroxylation is 1. The van der Waals surface area contributed by atoms with Crippen LogP contribution < -0.4 is 4.72 Å². The van der Waals surface area contributed by atoms with Gasteiger partial charge in [-0.25, -0.2) is 13.1 Å². The Kier molecular flexibility index (Phi) is 5.27. The molecule has 0 aliphatic heterocycles. The minimum atomic E-state index is -3.57.